The Morgan fingerprint density at radius 3 is 2.61 bits per heavy atom. The van der Waals surface area contributed by atoms with E-state index in [2.05, 4.69) is 17.1 Å². The summed E-state index contributed by atoms with van der Waals surface area (Å²) in [6.07, 6.45) is 2.30. The first-order valence-electron chi connectivity index (χ1n) is 7.35. The molecule has 1 aliphatic heterocycles. The lowest BCUT2D eigenvalue weighted by molar-refractivity contribution is 0.447. The number of hydrogen-bond donors (Lipinski definition) is 1. The van der Waals surface area contributed by atoms with Crippen LogP contribution in [0.4, 0.5) is 11.4 Å². The van der Waals surface area contributed by atoms with Gasteiger partial charge in [0, 0.05) is 18.1 Å². The highest BCUT2D eigenvalue weighted by molar-refractivity contribution is 6.31. The minimum atomic E-state index is -0.245. The second-order valence-electron chi connectivity index (χ2n) is 5.57. The van der Waals surface area contributed by atoms with Crippen molar-refractivity contribution in [2.24, 2.45) is 5.92 Å². The molecular formula is C17H16ClN5. The van der Waals surface area contributed by atoms with E-state index in [1.807, 2.05) is 12.1 Å². The Bertz CT molecular complexity index is 732. The predicted octanol–water partition coefficient (Wildman–Crippen LogP) is 3.81. The Morgan fingerprint density at radius 1 is 1.26 bits per heavy atom. The molecule has 0 amide bonds. The Hall–Kier alpha value is -2.68. The zero-order valence-corrected chi connectivity index (χ0v) is 13.6. The summed E-state index contributed by atoms with van der Waals surface area (Å²) in [6.45, 7) is 4.06. The summed E-state index contributed by atoms with van der Waals surface area (Å²) >= 11 is 6.07. The SMILES string of the molecule is CC1CCCN(c2ccc(Cl)cc2NC(C#N)=C(C#N)C#N)C1. The molecule has 0 aliphatic carbocycles. The van der Waals surface area contributed by atoms with Gasteiger partial charge in [-0.05, 0) is 37.0 Å². The molecule has 1 saturated heterocycles. The second-order valence-corrected chi connectivity index (χ2v) is 6.00. The van der Waals surface area contributed by atoms with Crippen LogP contribution in [-0.2, 0) is 0 Å². The van der Waals surface area contributed by atoms with Crippen molar-refractivity contribution in [2.45, 2.75) is 19.8 Å². The van der Waals surface area contributed by atoms with Gasteiger partial charge in [0.2, 0.25) is 0 Å². The minimum absolute atomic E-state index is 0.0661. The number of piperidine rings is 1. The number of nitrogens with one attached hydrogen (secondary N) is 1. The van der Waals surface area contributed by atoms with E-state index in [0.717, 1.165) is 25.2 Å². The average Bonchev–Trinajstić information content (AvgIpc) is 2.55. The molecule has 0 aromatic heterocycles. The summed E-state index contributed by atoms with van der Waals surface area (Å²) in [5.74, 6) is 0.590. The van der Waals surface area contributed by atoms with Crippen molar-refractivity contribution in [3.8, 4) is 18.2 Å². The zero-order valence-electron chi connectivity index (χ0n) is 12.8. The molecule has 1 unspecified atom stereocenters. The van der Waals surface area contributed by atoms with Crippen LogP contribution in [0.3, 0.4) is 0 Å². The van der Waals surface area contributed by atoms with Crippen LogP contribution in [-0.4, -0.2) is 13.1 Å². The molecule has 6 heteroatoms. The molecule has 2 rings (SSSR count). The first-order chi connectivity index (χ1) is 11.1. The summed E-state index contributed by atoms with van der Waals surface area (Å²) in [5.41, 5.74) is 1.24. The third-order valence-corrected chi connectivity index (χ3v) is 4.04. The van der Waals surface area contributed by atoms with Crippen molar-refractivity contribution in [3.05, 3.63) is 34.5 Å². The smallest absolute Gasteiger partial charge is 0.163 e. The van der Waals surface area contributed by atoms with Gasteiger partial charge >= 0.3 is 0 Å². The number of nitriles is 3. The molecule has 1 aromatic carbocycles. The Morgan fingerprint density at radius 2 is 2.00 bits per heavy atom. The molecule has 1 heterocycles. The van der Waals surface area contributed by atoms with E-state index in [9.17, 15) is 5.26 Å². The average molecular weight is 326 g/mol. The van der Waals surface area contributed by atoms with Gasteiger partial charge in [-0.1, -0.05) is 18.5 Å². The molecule has 1 N–H and O–H groups in total. The van der Waals surface area contributed by atoms with Crippen LogP contribution < -0.4 is 10.2 Å². The number of anilines is 2. The molecular weight excluding hydrogens is 310 g/mol. The van der Waals surface area contributed by atoms with Crippen LogP contribution in [0.15, 0.2) is 29.5 Å². The fourth-order valence-corrected chi connectivity index (χ4v) is 2.88. The van der Waals surface area contributed by atoms with Crippen LogP contribution in [0.2, 0.25) is 5.02 Å². The van der Waals surface area contributed by atoms with Crippen LogP contribution in [0.1, 0.15) is 19.8 Å². The van der Waals surface area contributed by atoms with E-state index in [1.165, 1.54) is 6.42 Å². The lowest BCUT2D eigenvalue weighted by Gasteiger charge is -2.34. The van der Waals surface area contributed by atoms with E-state index < -0.39 is 0 Å². The maximum atomic E-state index is 9.21. The fraction of sp³-hybridized carbons (Fsp3) is 0.353. The third-order valence-electron chi connectivity index (χ3n) is 3.80. The summed E-state index contributed by atoms with van der Waals surface area (Å²) in [6, 6.07) is 10.7. The second kappa shape index (κ2) is 7.54. The quantitative estimate of drug-likeness (QED) is 0.854. The predicted molar refractivity (Wildman–Crippen MR) is 89.6 cm³/mol. The molecule has 1 aliphatic rings. The number of nitrogens with zero attached hydrogens (tertiary/aromatic N) is 4. The molecule has 5 nitrogen and oxygen atoms in total. The summed E-state index contributed by atoms with van der Waals surface area (Å²) in [5, 5.41) is 30.5. The lowest BCUT2D eigenvalue weighted by Crippen LogP contribution is -2.34. The molecule has 1 atom stereocenters. The zero-order chi connectivity index (χ0) is 16.8. The maximum absolute atomic E-state index is 9.21. The summed E-state index contributed by atoms with van der Waals surface area (Å²) < 4.78 is 0. The number of halogens is 1. The molecule has 116 valence electrons. The van der Waals surface area contributed by atoms with Crippen LogP contribution in [0.25, 0.3) is 0 Å². The molecule has 0 bridgehead atoms. The van der Waals surface area contributed by atoms with Crippen LogP contribution in [0, 0.1) is 39.9 Å². The maximum Gasteiger partial charge on any atom is 0.163 e. The normalized spacial score (nSPS) is 16.7. The van der Waals surface area contributed by atoms with E-state index in [0.29, 0.717) is 16.6 Å². The van der Waals surface area contributed by atoms with E-state index in [-0.39, 0.29) is 11.3 Å². The number of benzene rings is 1. The van der Waals surface area contributed by atoms with Crippen molar-refractivity contribution in [1.82, 2.24) is 0 Å². The third kappa shape index (κ3) is 3.95. The summed E-state index contributed by atoms with van der Waals surface area (Å²) in [7, 11) is 0. The Balaban J connectivity index is 2.41. The van der Waals surface area contributed by atoms with Crippen molar-refractivity contribution in [1.29, 1.82) is 15.8 Å². The molecule has 1 fully saturated rings. The number of hydrogen-bond acceptors (Lipinski definition) is 5. The van der Waals surface area contributed by atoms with Crippen molar-refractivity contribution < 1.29 is 0 Å². The number of allylic oxidation sites excluding steroid dienone is 2. The largest absolute Gasteiger partial charge is 0.370 e. The molecule has 0 spiro atoms. The Labute approximate surface area is 141 Å². The topological polar surface area (TPSA) is 86.6 Å². The monoisotopic (exact) mass is 325 g/mol. The van der Waals surface area contributed by atoms with Gasteiger partial charge in [-0.15, -0.1) is 0 Å². The number of rotatable bonds is 3. The van der Waals surface area contributed by atoms with Gasteiger partial charge in [-0.2, -0.15) is 15.8 Å². The first-order valence-corrected chi connectivity index (χ1v) is 7.73. The lowest BCUT2D eigenvalue weighted by atomic mass is 9.99. The molecule has 1 aromatic rings. The van der Waals surface area contributed by atoms with Crippen LogP contribution in [0.5, 0.6) is 0 Å². The molecule has 23 heavy (non-hydrogen) atoms. The first kappa shape index (κ1) is 16.7. The Kier molecular flexibility index (Phi) is 5.47. The molecule has 0 radical (unpaired) electrons. The van der Waals surface area contributed by atoms with Gasteiger partial charge in [0.1, 0.15) is 23.9 Å². The van der Waals surface area contributed by atoms with Gasteiger partial charge in [0.25, 0.3) is 0 Å². The van der Waals surface area contributed by atoms with Gasteiger partial charge < -0.3 is 10.2 Å². The van der Waals surface area contributed by atoms with Gasteiger partial charge in [-0.25, -0.2) is 0 Å². The van der Waals surface area contributed by atoms with E-state index in [1.54, 1.807) is 24.3 Å². The minimum Gasteiger partial charge on any atom is -0.370 e. The van der Waals surface area contributed by atoms with Crippen molar-refractivity contribution >= 4 is 23.0 Å². The van der Waals surface area contributed by atoms with Crippen LogP contribution >= 0.6 is 11.6 Å². The molecule has 0 saturated carbocycles. The van der Waals surface area contributed by atoms with Gasteiger partial charge in [0.15, 0.2) is 5.57 Å². The van der Waals surface area contributed by atoms with Gasteiger partial charge in [0.05, 0.1) is 11.4 Å². The highest BCUT2D eigenvalue weighted by atomic mass is 35.5. The summed E-state index contributed by atoms with van der Waals surface area (Å²) in [4.78, 5) is 2.24. The highest BCUT2D eigenvalue weighted by Crippen LogP contribution is 2.33. The highest BCUT2D eigenvalue weighted by Gasteiger charge is 2.20. The van der Waals surface area contributed by atoms with E-state index in [4.69, 9.17) is 22.1 Å². The van der Waals surface area contributed by atoms with E-state index >= 15 is 0 Å². The van der Waals surface area contributed by atoms with Gasteiger partial charge in [-0.3, -0.25) is 0 Å². The standard InChI is InChI=1S/C17H16ClN5/c1-12-3-2-6-23(11-12)17-5-4-14(18)7-15(17)22-16(10-21)13(8-19)9-20/h4-5,7,12,22H,2-3,6,11H2,1H3. The fourth-order valence-electron chi connectivity index (χ4n) is 2.71. The van der Waals surface area contributed by atoms with Crippen molar-refractivity contribution in [3.63, 3.8) is 0 Å². The van der Waals surface area contributed by atoms with Crippen molar-refractivity contribution in [2.75, 3.05) is 23.3 Å².